The molecule has 2 aliphatic heterocycles. The number of benzene rings is 1. The average molecular weight is 321 g/mol. The highest BCUT2D eigenvalue weighted by Gasteiger charge is 2.23. The van der Waals surface area contributed by atoms with Crippen LogP contribution in [0.2, 0.25) is 0 Å². The number of carbonyl (C=O) groups is 1. The van der Waals surface area contributed by atoms with E-state index in [4.69, 9.17) is 4.74 Å². The smallest absolute Gasteiger partial charge is 0.238 e. The molecule has 6 heteroatoms. The van der Waals surface area contributed by atoms with Crippen molar-refractivity contribution in [2.24, 2.45) is 0 Å². The Labute approximate surface area is 136 Å². The Kier molecular flexibility index (Phi) is 5.59. The Bertz CT molecular complexity index is 526. The minimum atomic E-state index is -0.342. The summed E-state index contributed by atoms with van der Waals surface area (Å²) in [7, 11) is 0. The van der Waals surface area contributed by atoms with Crippen LogP contribution >= 0.6 is 0 Å². The van der Waals surface area contributed by atoms with Gasteiger partial charge in [-0.3, -0.25) is 14.6 Å². The summed E-state index contributed by atoms with van der Waals surface area (Å²) < 4.78 is 18.8. The molecule has 0 saturated carbocycles. The Balaban J connectivity index is 1.38. The Morgan fingerprint density at radius 3 is 2.74 bits per heavy atom. The third kappa shape index (κ3) is 4.99. The van der Waals surface area contributed by atoms with E-state index in [2.05, 4.69) is 15.1 Å². The van der Waals surface area contributed by atoms with Crippen LogP contribution in [0, 0.1) is 5.82 Å². The molecule has 2 aliphatic rings. The predicted molar refractivity (Wildman–Crippen MR) is 86.9 cm³/mol. The number of hydrogen-bond acceptors (Lipinski definition) is 4. The van der Waals surface area contributed by atoms with Crippen LogP contribution in [0.25, 0.3) is 0 Å². The highest BCUT2D eigenvalue weighted by molar-refractivity contribution is 5.92. The summed E-state index contributed by atoms with van der Waals surface area (Å²) in [5.74, 6) is -0.436. The van der Waals surface area contributed by atoms with E-state index in [1.54, 1.807) is 12.1 Å². The first-order valence-electron chi connectivity index (χ1n) is 8.31. The number of nitrogens with zero attached hydrogens (tertiary/aromatic N) is 2. The van der Waals surface area contributed by atoms with Crippen molar-refractivity contribution in [1.29, 1.82) is 0 Å². The van der Waals surface area contributed by atoms with E-state index in [9.17, 15) is 9.18 Å². The first kappa shape index (κ1) is 16.4. The van der Waals surface area contributed by atoms with Crippen LogP contribution in [0.3, 0.4) is 0 Å². The molecule has 0 radical (unpaired) electrons. The molecule has 23 heavy (non-hydrogen) atoms. The molecule has 0 spiro atoms. The summed E-state index contributed by atoms with van der Waals surface area (Å²) in [5.41, 5.74) is 0.506. The van der Waals surface area contributed by atoms with Gasteiger partial charge in [0.25, 0.3) is 0 Å². The van der Waals surface area contributed by atoms with Crippen LogP contribution in [0.5, 0.6) is 0 Å². The number of carbonyl (C=O) groups excluding carboxylic acids is 1. The lowest BCUT2D eigenvalue weighted by molar-refractivity contribution is -0.117. The summed E-state index contributed by atoms with van der Waals surface area (Å²) in [5, 5.41) is 2.75. The van der Waals surface area contributed by atoms with E-state index >= 15 is 0 Å². The van der Waals surface area contributed by atoms with Crippen LogP contribution in [-0.2, 0) is 9.53 Å². The molecule has 3 rings (SSSR count). The lowest BCUT2D eigenvalue weighted by atomic mass is 10.2. The maximum Gasteiger partial charge on any atom is 0.238 e. The van der Waals surface area contributed by atoms with Crippen LogP contribution in [0.4, 0.5) is 10.1 Å². The number of halogens is 1. The minimum Gasteiger partial charge on any atom is -0.377 e. The van der Waals surface area contributed by atoms with Crippen molar-refractivity contribution in [3.05, 3.63) is 30.1 Å². The second kappa shape index (κ2) is 7.86. The first-order valence-corrected chi connectivity index (χ1v) is 8.31. The summed E-state index contributed by atoms with van der Waals surface area (Å²) in [6.45, 7) is 5.94. The minimum absolute atomic E-state index is 0.0943. The van der Waals surface area contributed by atoms with Gasteiger partial charge in [-0.2, -0.15) is 0 Å². The third-order valence-corrected chi connectivity index (χ3v) is 4.43. The van der Waals surface area contributed by atoms with Crippen molar-refractivity contribution < 1.29 is 13.9 Å². The van der Waals surface area contributed by atoms with Crippen molar-refractivity contribution >= 4 is 11.6 Å². The molecule has 2 fully saturated rings. The van der Waals surface area contributed by atoms with E-state index in [0.717, 1.165) is 45.8 Å². The molecular formula is C17H24FN3O2. The molecule has 2 saturated heterocycles. The summed E-state index contributed by atoms with van der Waals surface area (Å²) in [6.07, 6.45) is 2.72. The molecule has 126 valence electrons. The first-order chi connectivity index (χ1) is 11.2. The molecule has 0 aromatic heterocycles. The van der Waals surface area contributed by atoms with Gasteiger partial charge in [0, 0.05) is 45.0 Å². The molecule has 0 bridgehead atoms. The van der Waals surface area contributed by atoms with Crippen molar-refractivity contribution in [2.75, 3.05) is 51.2 Å². The van der Waals surface area contributed by atoms with Crippen molar-refractivity contribution in [3.63, 3.8) is 0 Å². The maximum atomic E-state index is 13.1. The van der Waals surface area contributed by atoms with Gasteiger partial charge in [-0.1, -0.05) is 6.07 Å². The van der Waals surface area contributed by atoms with Crippen LogP contribution < -0.4 is 5.32 Å². The van der Waals surface area contributed by atoms with Crippen molar-refractivity contribution in [2.45, 2.75) is 18.9 Å². The zero-order valence-electron chi connectivity index (χ0n) is 13.3. The second-order valence-electron chi connectivity index (χ2n) is 6.27. The van der Waals surface area contributed by atoms with E-state index in [-0.39, 0.29) is 11.7 Å². The number of anilines is 1. The largest absolute Gasteiger partial charge is 0.377 e. The zero-order chi connectivity index (χ0) is 16.1. The molecule has 1 N–H and O–H groups in total. The van der Waals surface area contributed by atoms with Crippen LogP contribution in [0.15, 0.2) is 24.3 Å². The van der Waals surface area contributed by atoms with E-state index in [1.165, 1.54) is 18.6 Å². The topological polar surface area (TPSA) is 44.8 Å². The van der Waals surface area contributed by atoms with Gasteiger partial charge >= 0.3 is 0 Å². The monoisotopic (exact) mass is 321 g/mol. The highest BCUT2D eigenvalue weighted by atomic mass is 19.1. The van der Waals surface area contributed by atoms with Gasteiger partial charge in [0.15, 0.2) is 0 Å². The fourth-order valence-electron chi connectivity index (χ4n) is 3.18. The van der Waals surface area contributed by atoms with Gasteiger partial charge in [0.2, 0.25) is 5.91 Å². The summed E-state index contributed by atoms with van der Waals surface area (Å²) in [4.78, 5) is 16.6. The highest BCUT2D eigenvalue weighted by Crippen LogP contribution is 2.14. The van der Waals surface area contributed by atoms with Gasteiger partial charge in [0.1, 0.15) is 5.82 Å². The van der Waals surface area contributed by atoms with Gasteiger partial charge in [0.05, 0.1) is 12.6 Å². The van der Waals surface area contributed by atoms with Gasteiger partial charge in [-0.05, 0) is 31.0 Å². The normalized spacial score (nSPS) is 23.1. The van der Waals surface area contributed by atoms with Crippen molar-refractivity contribution in [3.8, 4) is 0 Å². The number of rotatable bonds is 5. The fraction of sp³-hybridized carbons (Fsp3) is 0.588. The number of hydrogen-bond donors (Lipinski definition) is 1. The molecule has 2 heterocycles. The molecule has 0 aliphatic carbocycles. The van der Waals surface area contributed by atoms with E-state index in [0.29, 0.717) is 18.3 Å². The van der Waals surface area contributed by atoms with Crippen LogP contribution in [-0.4, -0.2) is 67.7 Å². The van der Waals surface area contributed by atoms with Crippen molar-refractivity contribution in [1.82, 2.24) is 9.80 Å². The predicted octanol–water partition coefficient (Wildman–Crippen LogP) is 1.56. The molecular weight excluding hydrogens is 297 g/mol. The number of piperazine rings is 1. The SMILES string of the molecule is O=C(CN1CCN(CC2CCCO2)CC1)Nc1cccc(F)c1. The van der Waals surface area contributed by atoms with Gasteiger partial charge in [-0.25, -0.2) is 4.39 Å². The molecule has 5 nitrogen and oxygen atoms in total. The van der Waals surface area contributed by atoms with Gasteiger partial charge in [-0.15, -0.1) is 0 Å². The summed E-state index contributed by atoms with van der Waals surface area (Å²) in [6, 6.07) is 5.98. The third-order valence-electron chi connectivity index (χ3n) is 4.43. The molecule has 1 atom stereocenters. The maximum absolute atomic E-state index is 13.1. The Morgan fingerprint density at radius 1 is 1.26 bits per heavy atom. The quantitative estimate of drug-likeness (QED) is 0.894. The van der Waals surface area contributed by atoms with Crippen LogP contribution in [0.1, 0.15) is 12.8 Å². The number of nitrogens with one attached hydrogen (secondary N) is 1. The Morgan fingerprint density at radius 2 is 2.04 bits per heavy atom. The fourth-order valence-corrected chi connectivity index (χ4v) is 3.18. The molecule has 1 amide bonds. The zero-order valence-corrected chi connectivity index (χ0v) is 13.3. The van der Waals surface area contributed by atoms with Gasteiger partial charge < -0.3 is 10.1 Å². The number of amides is 1. The number of ether oxygens (including phenoxy) is 1. The lowest BCUT2D eigenvalue weighted by Crippen LogP contribution is -2.50. The Hall–Kier alpha value is -1.50. The summed E-state index contributed by atoms with van der Waals surface area (Å²) >= 11 is 0. The molecule has 1 unspecified atom stereocenters. The van der Waals surface area contributed by atoms with E-state index in [1.807, 2.05) is 0 Å². The lowest BCUT2D eigenvalue weighted by Gasteiger charge is -2.35. The molecule has 1 aromatic rings. The molecule has 1 aromatic carbocycles. The average Bonchev–Trinajstić information content (AvgIpc) is 3.02. The second-order valence-corrected chi connectivity index (χ2v) is 6.27. The van der Waals surface area contributed by atoms with E-state index < -0.39 is 0 Å². The standard InChI is InChI=1S/C17H24FN3O2/c18-14-3-1-4-15(11-14)19-17(22)13-21-8-6-20(7-9-21)12-16-5-2-10-23-16/h1,3-4,11,16H,2,5-10,12-13H2,(H,19,22).